The molecule has 0 aromatic carbocycles. The number of rotatable bonds is 27. The average Bonchev–Trinajstić information content (AvgIpc) is 2.86. The molecular formula is C26H42O9. The van der Waals surface area contributed by atoms with Crippen molar-refractivity contribution in [3.8, 4) is 37.0 Å². The number of terminal acetylenes is 3. The Bertz CT molecular complexity index is 498. The summed E-state index contributed by atoms with van der Waals surface area (Å²) in [6.07, 6.45) is 15.4. The van der Waals surface area contributed by atoms with Crippen LogP contribution in [-0.4, -0.2) is 119 Å². The van der Waals surface area contributed by atoms with E-state index in [1.807, 2.05) is 6.92 Å². The van der Waals surface area contributed by atoms with Crippen molar-refractivity contribution in [3.05, 3.63) is 0 Å². The van der Waals surface area contributed by atoms with Gasteiger partial charge in [0.05, 0.1) is 99.1 Å². The first-order valence-corrected chi connectivity index (χ1v) is 11.7. The standard InChI is InChI=1S/C26H42O9/c1-5-8-27-11-14-30-17-20-33-23-26(4,24-34-21-18-31-15-12-28-9-6-2)25-35-22-19-32-16-13-29-10-7-3/h1-3H,8-25H2,4H3. The first-order chi connectivity index (χ1) is 17.2. The highest BCUT2D eigenvalue weighted by Crippen LogP contribution is 2.18. The van der Waals surface area contributed by atoms with Crippen molar-refractivity contribution in [1.29, 1.82) is 0 Å². The summed E-state index contributed by atoms with van der Waals surface area (Å²) in [5.74, 6) is 7.22. The zero-order chi connectivity index (χ0) is 25.7. The van der Waals surface area contributed by atoms with Gasteiger partial charge in [0.25, 0.3) is 0 Å². The van der Waals surface area contributed by atoms with Crippen molar-refractivity contribution >= 4 is 0 Å². The number of ether oxygens (including phenoxy) is 9. The molecule has 0 N–H and O–H groups in total. The second-order valence-corrected chi connectivity index (χ2v) is 7.58. The number of hydrogen-bond acceptors (Lipinski definition) is 9. The Hall–Kier alpha value is -1.68. The van der Waals surface area contributed by atoms with Gasteiger partial charge in [-0.15, -0.1) is 19.3 Å². The normalized spacial score (nSPS) is 11.1. The van der Waals surface area contributed by atoms with Gasteiger partial charge in [0.1, 0.15) is 19.8 Å². The second-order valence-electron chi connectivity index (χ2n) is 7.58. The third kappa shape index (κ3) is 25.2. The van der Waals surface area contributed by atoms with E-state index in [4.69, 9.17) is 61.9 Å². The van der Waals surface area contributed by atoms with Crippen LogP contribution >= 0.6 is 0 Å². The van der Waals surface area contributed by atoms with Crippen LogP contribution in [0.4, 0.5) is 0 Å². The lowest BCUT2D eigenvalue weighted by molar-refractivity contribution is -0.0823. The van der Waals surface area contributed by atoms with Crippen LogP contribution in [0.3, 0.4) is 0 Å². The highest BCUT2D eigenvalue weighted by Gasteiger charge is 2.26. The van der Waals surface area contributed by atoms with E-state index in [0.29, 0.717) is 99.1 Å². The number of hydrogen-bond donors (Lipinski definition) is 0. The molecule has 0 unspecified atom stereocenters. The fraction of sp³-hybridized carbons (Fsp3) is 0.769. The van der Waals surface area contributed by atoms with Crippen molar-refractivity contribution in [2.45, 2.75) is 6.92 Å². The minimum Gasteiger partial charge on any atom is -0.378 e. The van der Waals surface area contributed by atoms with Crippen molar-refractivity contribution < 1.29 is 42.6 Å². The van der Waals surface area contributed by atoms with Crippen molar-refractivity contribution in [2.75, 3.05) is 119 Å². The second kappa shape index (κ2) is 26.9. The summed E-state index contributed by atoms with van der Waals surface area (Å²) in [5.41, 5.74) is -0.346. The molecular weight excluding hydrogens is 456 g/mol. The fourth-order valence-electron chi connectivity index (χ4n) is 2.49. The van der Waals surface area contributed by atoms with Crippen LogP contribution in [0.5, 0.6) is 0 Å². The molecule has 200 valence electrons. The maximum absolute atomic E-state index is 5.81. The zero-order valence-corrected chi connectivity index (χ0v) is 21.1. The van der Waals surface area contributed by atoms with Crippen LogP contribution in [0.15, 0.2) is 0 Å². The van der Waals surface area contributed by atoms with Gasteiger partial charge in [-0.25, -0.2) is 0 Å². The molecule has 0 fully saturated rings. The minimum absolute atomic E-state index is 0.285. The third-order valence-corrected chi connectivity index (χ3v) is 4.14. The molecule has 0 saturated heterocycles. The quantitative estimate of drug-likeness (QED) is 0.122. The molecule has 9 nitrogen and oxygen atoms in total. The Kier molecular flexibility index (Phi) is 25.6. The lowest BCUT2D eigenvalue weighted by atomic mass is 9.94. The maximum atomic E-state index is 5.81. The van der Waals surface area contributed by atoms with Crippen molar-refractivity contribution in [3.63, 3.8) is 0 Å². The Balaban J connectivity index is 4.09. The van der Waals surface area contributed by atoms with Gasteiger partial charge in [0.2, 0.25) is 0 Å². The minimum atomic E-state index is -0.346. The van der Waals surface area contributed by atoms with E-state index in [0.717, 1.165) is 0 Å². The topological polar surface area (TPSA) is 83.1 Å². The van der Waals surface area contributed by atoms with Gasteiger partial charge in [0.15, 0.2) is 0 Å². The highest BCUT2D eigenvalue weighted by molar-refractivity contribution is 4.83. The van der Waals surface area contributed by atoms with Crippen molar-refractivity contribution in [2.24, 2.45) is 5.41 Å². The summed E-state index contributed by atoms with van der Waals surface area (Å²) in [5, 5.41) is 0. The van der Waals surface area contributed by atoms with E-state index in [1.54, 1.807) is 0 Å². The summed E-state index contributed by atoms with van der Waals surface area (Å²) in [6.45, 7) is 9.76. The predicted molar refractivity (Wildman–Crippen MR) is 132 cm³/mol. The molecule has 0 amide bonds. The predicted octanol–water partition coefficient (Wildman–Crippen LogP) is 1.04. The van der Waals surface area contributed by atoms with Crippen LogP contribution in [-0.2, 0) is 42.6 Å². The lowest BCUT2D eigenvalue weighted by Gasteiger charge is -2.29. The van der Waals surface area contributed by atoms with Crippen LogP contribution in [0, 0.1) is 42.4 Å². The van der Waals surface area contributed by atoms with E-state index >= 15 is 0 Å². The van der Waals surface area contributed by atoms with E-state index in [9.17, 15) is 0 Å². The molecule has 0 saturated carbocycles. The SMILES string of the molecule is C#CCOCCOCCOCC(C)(COCCOCCOCC#C)COCCOCCOCC#C. The Morgan fingerprint density at radius 1 is 0.400 bits per heavy atom. The first kappa shape index (κ1) is 33.3. The van der Waals surface area contributed by atoms with Crippen LogP contribution in [0.2, 0.25) is 0 Å². The van der Waals surface area contributed by atoms with E-state index in [-0.39, 0.29) is 25.2 Å². The summed E-state index contributed by atoms with van der Waals surface area (Å²) >= 11 is 0. The zero-order valence-electron chi connectivity index (χ0n) is 21.1. The smallest absolute Gasteiger partial charge is 0.107 e. The van der Waals surface area contributed by atoms with Gasteiger partial charge < -0.3 is 42.6 Å². The summed E-state index contributed by atoms with van der Waals surface area (Å²) in [6, 6.07) is 0. The molecule has 0 aliphatic rings. The van der Waals surface area contributed by atoms with Crippen LogP contribution < -0.4 is 0 Å². The fourth-order valence-corrected chi connectivity index (χ4v) is 2.49. The molecule has 0 spiro atoms. The Labute approximate surface area is 211 Å². The van der Waals surface area contributed by atoms with Crippen LogP contribution in [0.1, 0.15) is 6.92 Å². The van der Waals surface area contributed by atoms with Crippen molar-refractivity contribution in [1.82, 2.24) is 0 Å². The monoisotopic (exact) mass is 498 g/mol. The highest BCUT2D eigenvalue weighted by atomic mass is 16.6. The molecule has 0 radical (unpaired) electrons. The third-order valence-electron chi connectivity index (χ3n) is 4.14. The van der Waals surface area contributed by atoms with Gasteiger partial charge in [-0.2, -0.15) is 0 Å². The van der Waals surface area contributed by atoms with Gasteiger partial charge in [-0.3, -0.25) is 0 Å². The largest absolute Gasteiger partial charge is 0.378 e. The Morgan fingerprint density at radius 3 is 0.886 bits per heavy atom. The molecule has 0 aliphatic heterocycles. The van der Waals surface area contributed by atoms with E-state index < -0.39 is 0 Å². The van der Waals surface area contributed by atoms with Gasteiger partial charge >= 0.3 is 0 Å². The van der Waals surface area contributed by atoms with Gasteiger partial charge in [-0.05, 0) is 0 Å². The molecule has 0 heterocycles. The van der Waals surface area contributed by atoms with E-state index in [2.05, 4.69) is 17.8 Å². The molecule has 0 atom stereocenters. The lowest BCUT2D eigenvalue weighted by Crippen LogP contribution is -2.35. The molecule has 0 rings (SSSR count). The molecule has 9 heteroatoms. The molecule has 0 aromatic heterocycles. The van der Waals surface area contributed by atoms with Crippen LogP contribution in [0.25, 0.3) is 0 Å². The average molecular weight is 499 g/mol. The Morgan fingerprint density at radius 2 is 0.629 bits per heavy atom. The van der Waals surface area contributed by atoms with Gasteiger partial charge in [0, 0.05) is 5.41 Å². The van der Waals surface area contributed by atoms with Gasteiger partial charge in [-0.1, -0.05) is 24.7 Å². The molecule has 35 heavy (non-hydrogen) atoms. The summed E-state index contributed by atoms with van der Waals surface area (Å²) in [7, 11) is 0. The van der Waals surface area contributed by atoms with E-state index in [1.165, 1.54) is 0 Å². The molecule has 0 aromatic rings. The summed E-state index contributed by atoms with van der Waals surface area (Å²) in [4.78, 5) is 0. The summed E-state index contributed by atoms with van der Waals surface area (Å²) < 4.78 is 49.3. The molecule has 0 bridgehead atoms. The maximum Gasteiger partial charge on any atom is 0.107 e. The first-order valence-electron chi connectivity index (χ1n) is 11.7. The molecule has 0 aliphatic carbocycles.